The molecule has 20 heavy (non-hydrogen) atoms. The van der Waals surface area contributed by atoms with E-state index in [9.17, 15) is 4.79 Å². The van der Waals surface area contributed by atoms with Gasteiger partial charge in [-0.3, -0.25) is 4.79 Å². The number of benzene rings is 1. The summed E-state index contributed by atoms with van der Waals surface area (Å²) in [4.78, 5) is 18.1. The molecule has 0 atom stereocenters. The molecule has 1 aromatic heterocycles. The van der Waals surface area contributed by atoms with Crippen molar-refractivity contribution < 1.29 is 4.79 Å². The van der Waals surface area contributed by atoms with Crippen LogP contribution in [0.3, 0.4) is 0 Å². The Balaban J connectivity index is 1.79. The molecule has 4 nitrogen and oxygen atoms in total. The van der Waals surface area contributed by atoms with Crippen molar-refractivity contribution in [3.8, 4) is 11.3 Å². The van der Waals surface area contributed by atoms with Crippen molar-refractivity contribution in [3.63, 3.8) is 0 Å². The van der Waals surface area contributed by atoms with Gasteiger partial charge in [-0.2, -0.15) is 0 Å². The minimum absolute atomic E-state index is 0.223. The zero-order valence-corrected chi connectivity index (χ0v) is 12.2. The van der Waals surface area contributed by atoms with E-state index in [1.165, 1.54) is 0 Å². The smallest absolute Gasteiger partial charge is 0.227 e. The maximum atomic E-state index is 11.7. The lowest BCUT2D eigenvalue weighted by molar-refractivity contribution is -0.117. The van der Waals surface area contributed by atoms with Gasteiger partial charge in [0, 0.05) is 36.1 Å². The SMILES string of the molecule is CCNc1nc(-c2ccc(N3CCCC3=O)cc2)cs1. The Morgan fingerprint density at radius 2 is 2.15 bits per heavy atom. The number of nitrogens with zero attached hydrogens (tertiary/aromatic N) is 2. The van der Waals surface area contributed by atoms with E-state index in [0.717, 1.165) is 41.6 Å². The molecule has 2 heterocycles. The van der Waals surface area contributed by atoms with Gasteiger partial charge in [0.15, 0.2) is 5.13 Å². The van der Waals surface area contributed by atoms with Crippen molar-refractivity contribution in [2.45, 2.75) is 19.8 Å². The van der Waals surface area contributed by atoms with E-state index in [0.29, 0.717) is 6.42 Å². The van der Waals surface area contributed by atoms with E-state index in [4.69, 9.17) is 0 Å². The van der Waals surface area contributed by atoms with Crippen molar-refractivity contribution in [2.75, 3.05) is 23.3 Å². The predicted molar refractivity (Wildman–Crippen MR) is 83.3 cm³/mol. The second-order valence-electron chi connectivity index (χ2n) is 4.76. The Bertz CT molecular complexity index is 606. The average Bonchev–Trinajstić information content (AvgIpc) is 3.09. The fraction of sp³-hybridized carbons (Fsp3) is 0.333. The van der Waals surface area contributed by atoms with E-state index in [1.54, 1.807) is 11.3 Å². The molecule has 1 aliphatic rings. The van der Waals surface area contributed by atoms with Crippen molar-refractivity contribution in [2.24, 2.45) is 0 Å². The fourth-order valence-electron chi connectivity index (χ4n) is 2.37. The summed E-state index contributed by atoms with van der Waals surface area (Å²) in [5.74, 6) is 0.223. The third kappa shape index (κ3) is 2.54. The van der Waals surface area contributed by atoms with E-state index in [1.807, 2.05) is 34.5 Å². The number of hydrogen-bond donors (Lipinski definition) is 1. The van der Waals surface area contributed by atoms with Crippen molar-refractivity contribution in [1.82, 2.24) is 4.98 Å². The van der Waals surface area contributed by atoms with Crippen LogP contribution in [0.4, 0.5) is 10.8 Å². The summed E-state index contributed by atoms with van der Waals surface area (Å²) >= 11 is 1.61. The molecule has 0 radical (unpaired) electrons. The number of anilines is 2. The normalized spacial score (nSPS) is 14.8. The molecule has 3 rings (SSSR count). The summed E-state index contributed by atoms with van der Waals surface area (Å²) in [6.45, 7) is 3.77. The first-order valence-corrected chi connectivity index (χ1v) is 7.76. The maximum Gasteiger partial charge on any atom is 0.227 e. The minimum Gasteiger partial charge on any atom is -0.362 e. The van der Waals surface area contributed by atoms with Crippen LogP contribution in [-0.4, -0.2) is 24.0 Å². The highest BCUT2D eigenvalue weighted by atomic mass is 32.1. The van der Waals surface area contributed by atoms with Crippen molar-refractivity contribution in [1.29, 1.82) is 0 Å². The number of carbonyl (C=O) groups is 1. The van der Waals surface area contributed by atoms with Crippen LogP contribution in [0.5, 0.6) is 0 Å². The second-order valence-corrected chi connectivity index (χ2v) is 5.62. The number of carbonyl (C=O) groups excluding carboxylic acids is 1. The molecule has 1 aliphatic heterocycles. The van der Waals surface area contributed by atoms with Crippen LogP contribution in [0.2, 0.25) is 0 Å². The van der Waals surface area contributed by atoms with Crippen molar-refractivity contribution >= 4 is 28.1 Å². The standard InChI is InChI=1S/C15H17N3OS/c1-2-16-15-17-13(10-20-15)11-5-7-12(8-6-11)18-9-3-4-14(18)19/h5-8,10H,2-4,9H2,1H3,(H,16,17). The van der Waals surface area contributed by atoms with Crippen LogP contribution in [0.15, 0.2) is 29.6 Å². The van der Waals surface area contributed by atoms with Gasteiger partial charge in [0.05, 0.1) is 5.69 Å². The summed E-state index contributed by atoms with van der Waals surface area (Å²) in [6.07, 6.45) is 1.62. The highest BCUT2D eigenvalue weighted by Crippen LogP contribution is 2.28. The molecule has 104 valence electrons. The number of hydrogen-bond acceptors (Lipinski definition) is 4. The van der Waals surface area contributed by atoms with Crippen LogP contribution >= 0.6 is 11.3 Å². The number of thiazole rings is 1. The molecule has 0 spiro atoms. The largest absolute Gasteiger partial charge is 0.362 e. The molecule has 0 unspecified atom stereocenters. The molecular formula is C15H17N3OS. The molecular weight excluding hydrogens is 270 g/mol. The molecule has 1 aromatic carbocycles. The Hall–Kier alpha value is -1.88. The lowest BCUT2D eigenvalue weighted by Crippen LogP contribution is -2.23. The molecule has 0 bridgehead atoms. The fourth-order valence-corrected chi connectivity index (χ4v) is 3.16. The minimum atomic E-state index is 0.223. The topological polar surface area (TPSA) is 45.2 Å². The molecule has 1 fully saturated rings. The quantitative estimate of drug-likeness (QED) is 0.937. The van der Waals surface area contributed by atoms with Gasteiger partial charge in [-0.15, -0.1) is 11.3 Å². The Kier molecular flexibility index (Phi) is 3.69. The van der Waals surface area contributed by atoms with Crippen LogP contribution in [-0.2, 0) is 4.79 Å². The summed E-state index contributed by atoms with van der Waals surface area (Å²) in [6, 6.07) is 8.08. The van der Waals surface area contributed by atoms with Gasteiger partial charge in [-0.25, -0.2) is 4.98 Å². The zero-order chi connectivity index (χ0) is 13.9. The monoisotopic (exact) mass is 287 g/mol. The van der Waals surface area contributed by atoms with E-state index in [-0.39, 0.29) is 5.91 Å². The second kappa shape index (κ2) is 5.63. The van der Waals surface area contributed by atoms with Crippen LogP contribution in [0.1, 0.15) is 19.8 Å². The molecule has 1 amide bonds. The van der Waals surface area contributed by atoms with Gasteiger partial charge in [0.1, 0.15) is 0 Å². The number of nitrogens with one attached hydrogen (secondary N) is 1. The number of rotatable bonds is 4. The lowest BCUT2D eigenvalue weighted by atomic mass is 10.1. The maximum absolute atomic E-state index is 11.7. The van der Waals surface area contributed by atoms with Gasteiger partial charge in [0.2, 0.25) is 5.91 Å². The van der Waals surface area contributed by atoms with E-state index in [2.05, 4.69) is 17.2 Å². The first-order chi connectivity index (χ1) is 9.78. The number of aromatic nitrogens is 1. The third-order valence-corrected chi connectivity index (χ3v) is 4.18. The number of amides is 1. The van der Waals surface area contributed by atoms with Gasteiger partial charge in [-0.05, 0) is 25.5 Å². The van der Waals surface area contributed by atoms with Gasteiger partial charge in [0.25, 0.3) is 0 Å². The Labute approximate surface area is 122 Å². The highest BCUT2D eigenvalue weighted by molar-refractivity contribution is 7.14. The highest BCUT2D eigenvalue weighted by Gasteiger charge is 2.21. The molecule has 0 aliphatic carbocycles. The molecule has 2 aromatic rings. The molecule has 1 saturated heterocycles. The van der Waals surface area contributed by atoms with E-state index < -0.39 is 0 Å². The summed E-state index contributed by atoms with van der Waals surface area (Å²) in [5.41, 5.74) is 3.05. The van der Waals surface area contributed by atoms with Gasteiger partial charge in [-0.1, -0.05) is 12.1 Å². The molecule has 1 N–H and O–H groups in total. The molecule has 0 saturated carbocycles. The Morgan fingerprint density at radius 3 is 2.80 bits per heavy atom. The lowest BCUT2D eigenvalue weighted by Gasteiger charge is -2.15. The first kappa shape index (κ1) is 13.1. The summed E-state index contributed by atoms with van der Waals surface area (Å²) < 4.78 is 0. The first-order valence-electron chi connectivity index (χ1n) is 6.88. The Morgan fingerprint density at radius 1 is 1.35 bits per heavy atom. The van der Waals surface area contributed by atoms with Crippen LogP contribution < -0.4 is 10.2 Å². The van der Waals surface area contributed by atoms with E-state index >= 15 is 0 Å². The average molecular weight is 287 g/mol. The summed E-state index contributed by atoms with van der Waals surface area (Å²) in [5, 5.41) is 6.21. The summed E-state index contributed by atoms with van der Waals surface area (Å²) in [7, 11) is 0. The van der Waals surface area contributed by atoms with Crippen LogP contribution in [0, 0.1) is 0 Å². The van der Waals surface area contributed by atoms with Gasteiger partial charge >= 0.3 is 0 Å². The zero-order valence-electron chi connectivity index (χ0n) is 11.4. The third-order valence-electron chi connectivity index (χ3n) is 3.38. The predicted octanol–water partition coefficient (Wildman–Crippen LogP) is 3.37. The molecule has 5 heteroatoms. The van der Waals surface area contributed by atoms with Gasteiger partial charge < -0.3 is 10.2 Å². The van der Waals surface area contributed by atoms with Crippen molar-refractivity contribution in [3.05, 3.63) is 29.6 Å². The van der Waals surface area contributed by atoms with Crippen LogP contribution in [0.25, 0.3) is 11.3 Å².